The van der Waals surface area contributed by atoms with Crippen LogP contribution in [0.1, 0.15) is 41.7 Å². The Hall–Kier alpha value is -1.77. The number of sulfonamides is 1. The molecule has 1 N–H and O–H groups in total. The van der Waals surface area contributed by atoms with Gasteiger partial charge in [-0.1, -0.05) is 48.9 Å². The molecule has 2 aromatic rings. The fourth-order valence-corrected chi connectivity index (χ4v) is 5.72. The first-order valence-electron chi connectivity index (χ1n) is 10.9. The number of carbonyl (C=O) groups excluding carboxylic acids is 1. The normalized spacial score (nSPS) is 16.9. The molecule has 0 saturated carbocycles. The molecule has 0 amide bonds. The molecule has 3 rings (SSSR count). The first-order chi connectivity index (χ1) is 15.2. The molecule has 6 nitrogen and oxygen atoms in total. The minimum absolute atomic E-state index is 0.00436. The molecule has 1 aliphatic heterocycles. The van der Waals surface area contributed by atoms with Crippen LogP contribution >= 0.6 is 11.6 Å². The van der Waals surface area contributed by atoms with Crippen LogP contribution in [0.4, 0.5) is 0 Å². The molecule has 0 aromatic heterocycles. The second kappa shape index (κ2) is 10.9. The van der Waals surface area contributed by atoms with Crippen molar-refractivity contribution in [3.05, 3.63) is 64.7 Å². The highest BCUT2D eigenvalue weighted by molar-refractivity contribution is 7.89. The van der Waals surface area contributed by atoms with Gasteiger partial charge in [-0.2, -0.15) is 4.31 Å². The highest BCUT2D eigenvalue weighted by atomic mass is 35.5. The summed E-state index contributed by atoms with van der Waals surface area (Å²) in [7, 11) is 0.343. The summed E-state index contributed by atoms with van der Waals surface area (Å²) in [5, 5.41) is 3.89. The molecule has 174 valence electrons. The van der Waals surface area contributed by atoms with Gasteiger partial charge in [-0.15, -0.1) is 0 Å². The summed E-state index contributed by atoms with van der Waals surface area (Å²) in [6, 6.07) is 14.0. The van der Waals surface area contributed by atoms with E-state index in [9.17, 15) is 13.2 Å². The Balaban J connectivity index is 1.65. The summed E-state index contributed by atoms with van der Waals surface area (Å²) >= 11 is 6.35. The van der Waals surface area contributed by atoms with Crippen molar-refractivity contribution in [2.45, 2.75) is 30.7 Å². The quantitative estimate of drug-likeness (QED) is 0.556. The molecular weight excluding hydrogens is 446 g/mol. The third-order valence-corrected chi connectivity index (χ3v) is 8.29. The molecular formula is C24H32ClN3O3S. The van der Waals surface area contributed by atoms with Gasteiger partial charge in [0.15, 0.2) is 5.78 Å². The van der Waals surface area contributed by atoms with Crippen molar-refractivity contribution < 1.29 is 13.2 Å². The zero-order valence-corrected chi connectivity index (χ0v) is 20.5. The lowest BCUT2D eigenvalue weighted by atomic mass is 10.0. The first-order valence-corrected chi connectivity index (χ1v) is 12.8. The predicted octanol–water partition coefficient (Wildman–Crippen LogP) is 3.84. The van der Waals surface area contributed by atoms with Gasteiger partial charge in [0.25, 0.3) is 0 Å². The van der Waals surface area contributed by atoms with Crippen molar-refractivity contribution in [1.82, 2.24) is 14.5 Å². The van der Waals surface area contributed by atoms with Crippen LogP contribution in [0, 0.1) is 5.92 Å². The van der Waals surface area contributed by atoms with E-state index < -0.39 is 10.0 Å². The Morgan fingerprint density at radius 3 is 2.50 bits per heavy atom. The molecule has 32 heavy (non-hydrogen) atoms. The number of rotatable bonds is 9. The number of halogens is 1. The van der Waals surface area contributed by atoms with E-state index in [2.05, 4.69) is 12.2 Å². The molecule has 0 aliphatic carbocycles. The van der Waals surface area contributed by atoms with E-state index in [0.717, 1.165) is 18.4 Å². The maximum atomic E-state index is 13.0. The monoisotopic (exact) mass is 477 g/mol. The van der Waals surface area contributed by atoms with Gasteiger partial charge in [0.05, 0.1) is 11.4 Å². The van der Waals surface area contributed by atoms with Crippen LogP contribution in [0.2, 0.25) is 5.02 Å². The Morgan fingerprint density at radius 2 is 1.84 bits per heavy atom. The summed E-state index contributed by atoms with van der Waals surface area (Å²) in [6.45, 7) is 3.84. The standard InChI is InChI=1S/C24H32ClN3O3S/c1-18-11-13-28(14-12-18)32(30,31)20-8-6-7-19(15-20)24(29)17-26-16-23(27(2)3)21-9-4-5-10-22(21)25/h4-10,15,18,23,26H,11-14,16-17H2,1-3H3. The second-order valence-corrected chi connectivity index (χ2v) is 11.0. The van der Waals surface area contributed by atoms with Crippen molar-refractivity contribution in [3.63, 3.8) is 0 Å². The SMILES string of the molecule is CC1CCN(S(=O)(=O)c2cccc(C(=O)CNCC(c3ccccc3Cl)N(C)C)c2)CC1. The van der Waals surface area contributed by atoms with E-state index in [1.807, 2.05) is 43.3 Å². The molecule has 0 radical (unpaired) electrons. The summed E-state index contributed by atoms with van der Waals surface area (Å²) in [6.07, 6.45) is 1.72. The smallest absolute Gasteiger partial charge is 0.243 e. The van der Waals surface area contributed by atoms with Gasteiger partial charge >= 0.3 is 0 Å². The number of Topliss-reactive ketones (excluding diaryl/α,β-unsaturated/α-hetero) is 1. The van der Waals surface area contributed by atoms with Gasteiger partial charge in [-0.25, -0.2) is 8.42 Å². The van der Waals surface area contributed by atoms with Gasteiger partial charge in [0.2, 0.25) is 10.0 Å². The van der Waals surface area contributed by atoms with Gasteiger partial charge in [0.1, 0.15) is 0 Å². The minimum atomic E-state index is -3.59. The number of benzene rings is 2. The molecule has 2 aromatic carbocycles. The number of likely N-dealkylation sites (N-methyl/N-ethyl adjacent to an activating group) is 1. The topological polar surface area (TPSA) is 69.7 Å². The molecule has 1 atom stereocenters. The molecule has 1 fully saturated rings. The average molecular weight is 478 g/mol. The van der Waals surface area contributed by atoms with E-state index in [1.54, 1.807) is 18.2 Å². The van der Waals surface area contributed by atoms with Gasteiger partial charge < -0.3 is 10.2 Å². The molecule has 1 aliphatic rings. The Labute approximate surface area is 196 Å². The summed E-state index contributed by atoms with van der Waals surface area (Å²) in [5.74, 6) is 0.392. The maximum Gasteiger partial charge on any atom is 0.243 e. The molecule has 8 heteroatoms. The van der Waals surface area contributed by atoms with E-state index in [0.29, 0.717) is 36.1 Å². The number of ketones is 1. The highest BCUT2D eigenvalue weighted by Gasteiger charge is 2.28. The third-order valence-electron chi connectivity index (χ3n) is 6.05. The second-order valence-electron chi connectivity index (χ2n) is 8.67. The van der Waals surface area contributed by atoms with Crippen LogP contribution in [0.3, 0.4) is 0 Å². The number of piperidine rings is 1. The molecule has 0 spiro atoms. The molecule has 1 heterocycles. The van der Waals surface area contributed by atoms with E-state index >= 15 is 0 Å². The Morgan fingerprint density at radius 1 is 1.16 bits per heavy atom. The van der Waals surface area contributed by atoms with Crippen molar-refractivity contribution in [2.24, 2.45) is 5.92 Å². The predicted molar refractivity (Wildman–Crippen MR) is 129 cm³/mol. The van der Waals surface area contributed by atoms with Gasteiger partial charge in [0, 0.05) is 36.3 Å². The van der Waals surface area contributed by atoms with Gasteiger partial charge in [-0.05, 0) is 56.6 Å². The summed E-state index contributed by atoms with van der Waals surface area (Å²) < 4.78 is 27.6. The van der Waals surface area contributed by atoms with Crippen LogP contribution in [0.25, 0.3) is 0 Å². The first kappa shape index (κ1) is 24.9. The number of nitrogens with zero attached hydrogens (tertiary/aromatic N) is 2. The van der Waals surface area contributed by atoms with Crippen LogP contribution < -0.4 is 5.32 Å². The van der Waals surface area contributed by atoms with Crippen LogP contribution in [-0.2, 0) is 10.0 Å². The number of hydrogen-bond acceptors (Lipinski definition) is 5. The lowest BCUT2D eigenvalue weighted by Gasteiger charge is -2.29. The fourth-order valence-electron chi connectivity index (χ4n) is 3.94. The zero-order chi connectivity index (χ0) is 23.3. The lowest BCUT2D eigenvalue weighted by molar-refractivity contribution is 0.0988. The van der Waals surface area contributed by atoms with Crippen molar-refractivity contribution in [1.29, 1.82) is 0 Å². The third kappa shape index (κ3) is 5.97. The zero-order valence-electron chi connectivity index (χ0n) is 18.9. The highest BCUT2D eigenvalue weighted by Crippen LogP contribution is 2.26. The summed E-state index contributed by atoms with van der Waals surface area (Å²) in [4.78, 5) is 15.0. The van der Waals surface area contributed by atoms with Crippen molar-refractivity contribution in [3.8, 4) is 0 Å². The van der Waals surface area contributed by atoms with Crippen molar-refractivity contribution >= 4 is 27.4 Å². The van der Waals surface area contributed by atoms with E-state index in [4.69, 9.17) is 11.6 Å². The Kier molecular flexibility index (Phi) is 8.47. The number of carbonyl (C=O) groups is 1. The molecule has 1 unspecified atom stereocenters. The Bertz CT molecular complexity index is 1030. The maximum absolute atomic E-state index is 13.0. The van der Waals surface area contributed by atoms with Crippen LogP contribution in [0.15, 0.2) is 53.4 Å². The van der Waals surface area contributed by atoms with E-state index in [-0.39, 0.29) is 23.3 Å². The number of nitrogens with one attached hydrogen (secondary N) is 1. The molecule has 1 saturated heterocycles. The van der Waals surface area contributed by atoms with Crippen LogP contribution in [-0.4, -0.2) is 63.7 Å². The summed E-state index contributed by atoms with van der Waals surface area (Å²) in [5.41, 5.74) is 1.38. The number of hydrogen-bond donors (Lipinski definition) is 1. The fraction of sp³-hybridized carbons (Fsp3) is 0.458. The lowest BCUT2D eigenvalue weighted by Crippen LogP contribution is -2.38. The van der Waals surface area contributed by atoms with Crippen LogP contribution in [0.5, 0.6) is 0 Å². The van der Waals surface area contributed by atoms with Gasteiger partial charge in [-0.3, -0.25) is 4.79 Å². The minimum Gasteiger partial charge on any atom is -0.308 e. The molecule has 0 bridgehead atoms. The largest absolute Gasteiger partial charge is 0.308 e. The van der Waals surface area contributed by atoms with E-state index in [1.165, 1.54) is 10.4 Å². The average Bonchev–Trinajstić information content (AvgIpc) is 2.77. The van der Waals surface area contributed by atoms with Crippen molar-refractivity contribution in [2.75, 3.05) is 40.3 Å².